The van der Waals surface area contributed by atoms with Crippen molar-refractivity contribution in [3.8, 4) is 0 Å². The first-order chi connectivity index (χ1) is 5.11. The number of carbonyl (C=O) groups is 1. The summed E-state index contributed by atoms with van der Waals surface area (Å²) in [5.41, 5.74) is 5.27. The molecule has 0 saturated heterocycles. The van der Waals surface area contributed by atoms with Crippen LogP contribution in [0.3, 0.4) is 0 Å². The van der Waals surface area contributed by atoms with E-state index in [9.17, 15) is 4.79 Å². The molecule has 64 valence electrons. The Kier molecular flexibility index (Phi) is 4.72. The maximum absolute atomic E-state index is 10.8. The van der Waals surface area contributed by atoms with Gasteiger partial charge in [0.25, 0.3) is 5.95 Å². The van der Waals surface area contributed by atoms with Gasteiger partial charge in [0.2, 0.25) is 0 Å². The van der Waals surface area contributed by atoms with Gasteiger partial charge in [0.05, 0.1) is 7.11 Å². The third kappa shape index (κ3) is 3.90. The fourth-order valence-corrected chi connectivity index (χ4v) is 0.453. The molecule has 11 heavy (non-hydrogen) atoms. The zero-order chi connectivity index (χ0) is 8.85. The summed E-state index contributed by atoms with van der Waals surface area (Å²) in [5, 5.41) is 0. The maximum atomic E-state index is 10.8. The predicted molar refractivity (Wildman–Crippen MR) is 44.1 cm³/mol. The zero-order valence-corrected chi connectivity index (χ0v) is 7.14. The van der Waals surface area contributed by atoms with Crippen molar-refractivity contribution in [1.29, 1.82) is 0 Å². The molecule has 0 aliphatic heterocycles. The second kappa shape index (κ2) is 5.03. The van der Waals surface area contributed by atoms with Crippen LogP contribution in [0.1, 0.15) is 0 Å². The first kappa shape index (κ1) is 10.3. The molecule has 2 N–H and O–H groups in total. The highest BCUT2D eigenvalue weighted by Gasteiger charge is 2.14. The lowest BCUT2D eigenvalue weighted by molar-refractivity contribution is -0.145. The number of ether oxygens (including phenoxy) is 2. The van der Waals surface area contributed by atoms with Gasteiger partial charge < -0.3 is 15.2 Å². The Balaban J connectivity index is 3.77. The van der Waals surface area contributed by atoms with E-state index in [0.29, 0.717) is 0 Å². The van der Waals surface area contributed by atoms with Gasteiger partial charge in [-0.3, -0.25) is 0 Å². The number of nitrogens with two attached hydrogens (primary N) is 1. The van der Waals surface area contributed by atoms with E-state index in [2.05, 4.69) is 28.7 Å². The average molecular weight is 177 g/mol. The van der Waals surface area contributed by atoms with Gasteiger partial charge in [-0.1, -0.05) is 0 Å². The molecule has 1 atom stereocenters. The van der Waals surface area contributed by atoms with Gasteiger partial charge in [-0.05, 0) is 6.58 Å². The minimum absolute atomic E-state index is 0.0627. The Morgan fingerprint density at radius 3 is 2.73 bits per heavy atom. The Morgan fingerprint density at radius 1 is 1.82 bits per heavy atom. The molecule has 0 saturated carbocycles. The molecule has 0 aromatic rings. The Bertz CT molecular complexity index is 160. The van der Waals surface area contributed by atoms with E-state index >= 15 is 0 Å². The molecule has 0 aromatic carbocycles. The van der Waals surface area contributed by atoms with Crippen LogP contribution in [0.4, 0.5) is 0 Å². The lowest BCUT2D eigenvalue weighted by Crippen LogP contribution is -2.33. The summed E-state index contributed by atoms with van der Waals surface area (Å²) in [6, 6.07) is -0.731. The predicted octanol–water partition coefficient (Wildman–Crippen LogP) is -0.0957. The lowest BCUT2D eigenvalue weighted by Gasteiger charge is -2.08. The summed E-state index contributed by atoms with van der Waals surface area (Å²) in [4.78, 5) is 10.8. The van der Waals surface area contributed by atoms with Crippen molar-refractivity contribution in [3.05, 3.63) is 12.5 Å². The molecule has 0 aliphatic rings. The first-order valence-electron chi connectivity index (χ1n) is 2.92. The number of methoxy groups -OCH3 is 1. The van der Waals surface area contributed by atoms with Gasteiger partial charge in [0.1, 0.15) is 6.04 Å². The van der Waals surface area contributed by atoms with Gasteiger partial charge in [0.15, 0.2) is 0 Å². The van der Waals surface area contributed by atoms with E-state index in [-0.39, 0.29) is 11.7 Å². The van der Waals surface area contributed by atoms with Crippen LogP contribution in [0, 0.1) is 0 Å². The summed E-state index contributed by atoms with van der Waals surface area (Å²) in [5.74, 6) is -0.422. The number of esters is 1. The van der Waals surface area contributed by atoms with E-state index in [1.165, 1.54) is 7.11 Å². The lowest BCUT2D eigenvalue weighted by atomic mass is 10.4. The molecule has 0 bridgehead atoms. The van der Waals surface area contributed by atoms with Gasteiger partial charge in [-0.2, -0.15) is 12.6 Å². The molecule has 0 radical (unpaired) electrons. The molecule has 0 rings (SSSR count). The highest BCUT2D eigenvalue weighted by Crippen LogP contribution is 1.97. The average Bonchev–Trinajstić information content (AvgIpc) is 2.02. The van der Waals surface area contributed by atoms with Crippen LogP contribution in [0.15, 0.2) is 12.5 Å². The largest absolute Gasteiger partial charge is 0.469 e. The van der Waals surface area contributed by atoms with Gasteiger partial charge in [-0.15, -0.1) is 0 Å². The Labute approximate surface area is 70.8 Å². The number of hydrogen-bond donors (Lipinski definition) is 2. The molecule has 0 heterocycles. The minimum atomic E-state index is -0.731. The van der Waals surface area contributed by atoms with Crippen molar-refractivity contribution >= 4 is 18.6 Å². The Hall–Kier alpha value is -0.680. The Morgan fingerprint density at radius 2 is 2.36 bits per heavy atom. The standard InChI is InChI=1S/C6H11NO3S/c1-4(9-2)10-6(8)5(7)3-11/h5,11H,1,3,7H2,2H3/t5-/m0/s1. The van der Waals surface area contributed by atoms with Crippen molar-refractivity contribution in [2.24, 2.45) is 5.73 Å². The molecule has 0 unspecified atom stereocenters. The molecule has 5 heteroatoms. The minimum Gasteiger partial charge on any atom is -0.469 e. The van der Waals surface area contributed by atoms with Crippen molar-refractivity contribution in [3.63, 3.8) is 0 Å². The topological polar surface area (TPSA) is 61.5 Å². The van der Waals surface area contributed by atoms with Crippen LogP contribution in [0.5, 0.6) is 0 Å². The summed E-state index contributed by atoms with van der Waals surface area (Å²) >= 11 is 3.81. The first-order valence-corrected chi connectivity index (χ1v) is 3.56. The molecular formula is C6H11NO3S. The summed E-state index contributed by atoms with van der Waals surface area (Å²) in [7, 11) is 1.35. The normalized spacial score (nSPS) is 11.9. The monoisotopic (exact) mass is 177 g/mol. The summed E-state index contributed by atoms with van der Waals surface area (Å²) in [6.45, 7) is 3.28. The number of carbonyl (C=O) groups excluding carboxylic acids is 1. The number of hydrogen-bond acceptors (Lipinski definition) is 5. The molecule has 0 aliphatic carbocycles. The zero-order valence-electron chi connectivity index (χ0n) is 6.24. The molecule has 0 amide bonds. The molecular weight excluding hydrogens is 166 g/mol. The molecule has 0 spiro atoms. The van der Waals surface area contributed by atoms with E-state index in [4.69, 9.17) is 5.73 Å². The summed E-state index contributed by atoms with van der Waals surface area (Å²) in [6.07, 6.45) is 0. The van der Waals surface area contributed by atoms with E-state index in [0.717, 1.165) is 0 Å². The fourth-order valence-electron chi connectivity index (χ4n) is 0.304. The van der Waals surface area contributed by atoms with Gasteiger partial charge in [0, 0.05) is 5.75 Å². The second-order valence-corrected chi connectivity index (χ2v) is 2.15. The van der Waals surface area contributed by atoms with Gasteiger partial charge in [-0.25, -0.2) is 4.79 Å². The third-order valence-electron chi connectivity index (χ3n) is 0.942. The highest BCUT2D eigenvalue weighted by molar-refractivity contribution is 7.80. The van der Waals surface area contributed by atoms with Crippen LogP contribution in [0.2, 0.25) is 0 Å². The molecule has 4 nitrogen and oxygen atoms in total. The van der Waals surface area contributed by atoms with Crippen LogP contribution in [-0.4, -0.2) is 24.9 Å². The van der Waals surface area contributed by atoms with Crippen molar-refractivity contribution in [2.45, 2.75) is 6.04 Å². The summed E-state index contributed by atoms with van der Waals surface area (Å²) < 4.78 is 9.02. The molecule has 0 fully saturated rings. The highest BCUT2D eigenvalue weighted by atomic mass is 32.1. The SMILES string of the molecule is C=C(OC)OC(=O)[C@@H](N)CS. The van der Waals surface area contributed by atoms with Crippen LogP contribution in [-0.2, 0) is 14.3 Å². The smallest absolute Gasteiger partial charge is 0.331 e. The van der Waals surface area contributed by atoms with E-state index in [1.54, 1.807) is 0 Å². The maximum Gasteiger partial charge on any atom is 0.331 e. The van der Waals surface area contributed by atoms with Crippen molar-refractivity contribution in [1.82, 2.24) is 0 Å². The van der Waals surface area contributed by atoms with Crippen molar-refractivity contribution in [2.75, 3.05) is 12.9 Å². The van der Waals surface area contributed by atoms with E-state index < -0.39 is 12.0 Å². The third-order valence-corrected chi connectivity index (χ3v) is 1.33. The fraction of sp³-hybridized carbons (Fsp3) is 0.500. The second-order valence-electron chi connectivity index (χ2n) is 1.79. The van der Waals surface area contributed by atoms with Gasteiger partial charge >= 0.3 is 5.97 Å². The van der Waals surface area contributed by atoms with Crippen molar-refractivity contribution < 1.29 is 14.3 Å². The quantitative estimate of drug-likeness (QED) is 0.358. The van der Waals surface area contributed by atoms with Crippen LogP contribution >= 0.6 is 12.6 Å². The van der Waals surface area contributed by atoms with E-state index in [1.807, 2.05) is 0 Å². The van der Waals surface area contributed by atoms with Crippen LogP contribution < -0.4 is 5.73 Å². The van der Waals surface area contributed by atoms with Crippen LogP contribution in [0.25, 0.3) is 0 Å². The molecule has 0 aromatic heterocycles. The number of thiol groups is 1. The number of rotatable bonds is 4.